The average molecular weight is 402 g/mol. The van der Waals surface area contributed by atoms with Crippen molar-refractivity contribution in [3.05, 3.63) is 28.8 Å². The quantitative estimate of drug-likeness (QED) is 0.466. The molecule has 0 unspecified atom stereocenters. The zero-order valence-corrected chi connectivity index (χ0v) is 17.0. The number of aromatic nitrogens is 2. The van der Waals surface area contributed by atoms with Gasteiger partial charge in [-0.05, 0) is 38.0 Å². The van der Waals surface area contributed by atoms with Gasteiger partial charge in [0.15, 0.2) is 8.68 Å². The van der Waals surface area contributed by atoms with Crippen molar-refractivity contribution in [2.75, 3.05) is 11.1 Å². The third kappa shape index (κ3) is 5.65. The van der Waals surface area contributed by atoms with Gasteiger partial charge in [0.2, 0.25) is 5.91 Å². The van der Waals surface area contributed by atoms with Gasteiger partial charge < -0.3 is 5.32 Å². The molecule has 0 aliphatic rings. The van der Waals surface area contributed by atoms with Gasteiger partial charge in [0.05, 0.1) is 5.25 Å². The van der Waals surface area contributed by atoms with E-state index in [9.17, 15) is 4.79 Å². The largest absolute Gasteiger partial charge is 0.325 e. The second-order valence-electron chi connectivity index (χ2n) is 5.20. The van der Waals surface area contributed by atoms with Crippen LogP contribution in [0.5, 0.6) is 0 Å². The molecule has 2 rings (SSSR count). The molecule has 1 aromatic heterocycles. The number of amides is 1. The van der Waals surface area contributed by atoms with Crippen molar-refractivity contribution in [1.29, 1.82) is 0 Å². The molecule has 0 bridgehead atoms. The number of anilines is 1. The van der Waals surface area contributed by atoms with Crippen molar-refractivity contribution in [3.8, 4) is 0 Å². The van der Waals surface area contributed by atoms with Crippen LogP contribution in [0, 0.1) is 6.92 Å². The first-order chi connectivity index (χ1) is 11.5. The lowest BCUT2D eigenvalue weighted by Gasteiger charge is -2.12. The Hall–Kier alpha value is -0.760. The molecule has 8 heteroatoms. The molecule has 1 amide bonds. The van der Waals surface area contributed by atoms with Crippen LogP contribution in [-0.2, 0) is 4.79 Å². The molecule has 2 aromatic rings. The van der Waals surface area contributed by atoms with E-state index in [1.165, 1.54) is 24.6 Å². The maximum atomic E-state index is 12.4. The molecule has 130 valence electrons. The number of benzene rings is 1. The number of hydrogen-bond donors (Lipinski definition) is 1. The van der Waals surface area contributed by atoms with Gasteiger partial charge in [-0.2, -0.15) is 0 Å². The first-order valence-corrected chi connectivity index (χ1v) is 10.8. The van der Waals surface area contributed by atoms with Crippen LogP contribution in [0.4, 0.5) is 5.69 Å². The standard InChI is InChI=1S/C16H20ClN3OS3/c1-4-5-9-22-15-19-20-16(24-15)23-11(3)14(21)18-13-8-6-7-12(17)10(13)2/h6-8,11H,4-5,9H2,1-3H3,(H,18,21)/t11-/m0/s1. The van der Waals surface area contributed by atoms with Crippen molar-refractivity contribution in [2.45, 2.75) is 47.5 Å². The van der Waals surface area contributed by atoms with Gasteiger partial charge in [-0.3, -0.25) is 4.79 Å². The topological polar surface area (TPSA) is 54.9 Å². The van der Waals surface area contributed by atoms with Crippen LogP contribution >= 0.6 is 46.5 Å². The molecular weight excluding hydrogens is 382 g/mol. The van der Waals surface area contributed by atoms with E-state index in [1.807, 2.05) is 32.0 Å². The van der Waals surface area contributed by atoms with E-state index >= 15 is 0 Å². The third-order valence-corrected chi connectivity index (χ3v) is 7.02. The Morgan fingerprint density at radius 1 is 1.38 bits per heavy atom. The highest BCUT2D eigenvalue weighted by Crippen LogP contribution is 2.32. The zero-order valence-electron chi connectivity index (χ0n) is 13.8. The molecule has 0 radical (unpaired) electrons. The summed E-state index contributed by atoms with van der Waals surface area (Å²) >= 11 is 10.8. The molecule has 0 saturated carbocycles. The molecule has 0 aliphatic heterocycles. The Labute approximate surface area is 160 Å². The summed E-state index contributed by atoms with van der Waals surface area (Å²) in [5.74, 6) is 0.987. The molecule has 0 aliphatic carbocycles. The minimum atomic E-state index is -0.259. The average Bonchev–Trinajstić information content (AvgIpc) is 2.99. The second-order valence-corrected chi connectivity index (χ2v) is 9.51. The Bertz CT molecular complexity index is 693. The maximum Gasteiger partial charge on any atom is 0.237 e. The highest BCUT2D eigenvalue weighted by molar-refractivity contribution is 8.03. The van der Waals surface area contributed by atoms with Crippen LogP contribution in [0.2, 0.25) is 5.02 Å². The normalized spacial score (nSPS) is 12.2. The number of carbonyl (C=O) groups is 1. The maximum absolute atomic E-state index is 12.4. The van der Waals surface area contributed by atoms with Crippen LogP contribution in [0.15, 0.2) is 26.9 Å². The summed E-state index contributed by atoms with van der Waals surface area (Å²) in [4.78, 5) is 12.4. The fourth-order valence-electron chi connectivity index (χ4n) is 1.79. The summed E-state index contributed by atoms with van der Waals surface area (Å²) in [6.07, 6.45) is 2.35. The molecule has 0 saturated heterocycles. The zero-order chi connectivity index (χ0) is 17.5. The van der Waals surface area contributed by atoms with E-state index in [2.05, 4.69) is 22.4 Å². The number of halogens is 1. The predicted molar refractivity (Wildman–Crippen MR) is 106 cm³/mol. The summed E-state index contributed by atoms with van der Waals surface area (Å²) in [6, 6.07) is 5.49. The predicted octanol–water partition coefficient (Wildman–Crippen LogP) is 5.51. The summed E-state index contributed by atoms with van der Waals surface area (Å²) in [5.41, 5.74) is 1.61. The van der Waals surface area contributed by atoms with Crippen LogP contribution in [0.25, 0.3) is 0 Å². The summed E-state index contributed by atoms with van der Waals surface area (Å²) in [6.45, 7) is 5.93. The molecule has 1 N–H and O–H groups in total. The lowest BCUT2D eigenvalue weighted by Crippen LogP contribution is -2.22. The number of hydrogen-bond acceptors (Lipinski definition) is 6. The van der Waals surface area contributed by atoms with Crippen molar-refractivity contribution in [3.63, 3.8) is 0 Å². The Balaban J connectivity index is 1.90. The lowest BCUT2D eigenvalue weighted by molar-refractivity contribution is -0.115. The van der Waals surface area contributed by atoms with Gasteiger partial charge in [-0.25, -0.2) is 0 Å². The monoisotopic (exact) mass is 401 g/mol. The molecule has 0 spiro atoms. The minimum Gasteiger partial charge on any atom is -0.325 e. The van der Waals surface area contributed by atoms with E-state index < -0.39 is 0 Å². The van der Waals surface area contributed by atoms with Crippen molar-refractivity contribution in [2.24, 2.45) is 0 Å². The fraction of sp³-hybridized carbons (Fsp3) is 0.438. The van der Waals surface area contributed by atoms with Crippen LogP contribution in [-0.4, -0.2) is 27.1 Å². The van der Waals surface area contributed by atoms with E-state index in [4.69, 9.17) is 11.6 Å². The van der Waals surface area contributed by atoms with Crippen molar-refractivity contribution in [1.82, 2.24) is 10.2 Å². The lowest BCUT2D eigenvalue weighted by atomic mass is 10.2. The fourth-order valence-corrected chi connectivity index (χ4v) is 5.28. The Kier molecular flexibility index (Phi) is 7.87. The summed E-state index contributed by atoms with van der Waals surface area (Å²) < 4.78 is 1.78. The summed E-state index contributed by atoms with van der Waals surface area (Å²) in [5, 5.41) is 11.6. The van der Waals surface area contributed by atoms with Crippen molar-refractivity contribution >= 4 is 58.1 Å². The highest BCUT2D eigenvalue weighted by Gasteiger charge is 2.18. The molecule has 24 heavy (non-hydrogen) atoms. The SMILES string of the molecule is CCCCSc1nnc(S[C@@H](C)C(=O)Nc2cccc(Cl)c2C)s1. The van der Waals surface area contributed by atoms with Gasteiger partial charge in [-0.15, -0.1) is 10.2 Å². The van der Waals surface area contributed by atoms with Crippen LogP contribution < -0.4 is 5.32 Å². The van der Waals surface area contributed by atoms with E-state index in [0.29, 0.717) is 5.02 Å². The number of rotatable bonds is 8. The molecule has 4 nitrogen and oxygen atoms in total. The number of thioether (sulfide) groups is 2. The smallest absolute Gasteiger partial charge is 0.237 e. The van der Waals surface area contributed by atoms with Crippen molar-refractivity contribution < 1.29 is 4.79 Å². The Morgan fingerprint density at radius 3 is 2.88 bits per heavy atom. The van der Waals surface area contributed by atoms with Crippen LogP contribution in [0.3, 0.4) is 0 Å². The molecule has 0 fully saturated rings. The molecule has 1 aromatic carbocycles. The van der Waals surface area contributed by atoms with E-state index in [1.54, 1.807) is 23.1 Å². The van der Waals surface area contributed by atoms with Gasteiger partial charge in [0.25, 0.3) is 0 Å². The van der Waals surface area contributed by atoms with Gasteiger partial charge in [0.1, 0.15) is 0 Å². The van der Waals surface area contributed by atoms with E-state index in [-0.39, 0.29) is 11.2 Å². The third-order valence-electron chi connectivity index (χ3n) is 3.28. The number of unbranched alkanes of at least 4 members (excludes halogenated alkanes) is 1. The number of nitrogens with zero attached hydrogens (tertiary/aromatic N) is 2. The van der Waals surface area contributed by atoms with Gasteiger partial charge in [-0.1, -0.05) is 65.9 Å². The number of nitrogens with one attached hydrogen (secondary N) is 1. The van der Waals surface area contributed by atoms with Gasteiger partial charge >= 0.3 is 0 Å². The van der Waals surface area contributed by atoms with E-state index in [0.717, 1.165) is 25.7 Å². The second kappa shape index (κ2) is 9.65. The first kappa shape index (κ1) is 19.6. The minimum absolute atomic E-state index is 0.0687. The highest BCUT2D eigenvalue weighted by atomic mass is 35.5. The molecule has 1 atom stereocenters. The summed E-state index contributed by atoms with van der Waals surface area (Å²) in [7, 11) is 0. The number of carbonyl (C=O) groups excluding carboxylic acids is 1. The van der Waals surface area contributed by atoms with Crippen LogP contribution in [0.1, 0.15) is 32.3 Å². The molecule has 1 heterocycles. The first-order valence-electron chi connectivity index (χ1n) is 7.70. The Morgan fingerprint density at radius 2 is 2.12 bits per heavy atom. The molecular formula is C16H20ClN3OS3. The van der Waals surface area contributed by atoms with Gasteiger partial charge in [0, 0.05) is 16.5 Å².